The number of nitrogens with zero attached hydrogens (tertiary/aromatic N) is 3. The van der Waals surface area contributed by atoms with Crippen LogP contribution in [0, 0.1) is 0 Å². The number of unbranched alkanes of at least 4 members (excludes halogenated alkanes) is 1. The maximum atomic E-state index is 13.0. The average molecular weight is 523 g/mol. The molecule has 4 aromatic heterocycles. The number of imidazole rings is 1. The molecule has 0 fully saturated rings. The number of pyridine rings is 1. The number of benzene rings is 1. The van der Waals surface area contributed by atoms with Crippen LogP contribution in [0.2, 0.25) is 0 Å². The average Bonchev–Trinajstić information content (AvgIpc) is 3.60. The summed E-state index contributed by atoms with van der Waals surface area (Å²) in [6.07, 6.45) is 3.72. The van der Waals surface area contributed by atoms with Crippen molar-refractivity contribution in [3.63, 3.8) is 0 Å². The van der Waals surface area contributed by atoms with Crippen LogP contribution in [0.15, 0.2) is 53.4 Å². The summed E-state index contributed by atoms with van der Waals surface area (Å²) in [5.41, 5.74) is 15.4. The lowest BCUT2D eigenvalue weighted by Crippen LogP contribution is -2.23. The van der Waals surface area contributed by atoms with E-state index in [1.807, 2.05) is 35.0 Å². The summed E-state index contributed by atoms with van der Waals surface area (Å²) in [5, 5.41) is 15.3. The predicted molar refractivity (Wildman–Crippen MR) is 144 cm³/mol. The second-order valence-corrected chi connectivity index (χ2v) is 9.76. The Labute approximate surface area is 215 Å². The molecule has 4 heterocycles. The topological polar surface area (TPSA) is 149 Å². The molecule has 0 radical (unpaired) electrons. The Bertz CT molecular complexity index is 1510. The number of aliphatic hydroxyl groups is 1. The lowest BCUT2D eigenvalue weighted by molar-refractivity contribution is 0.0949. The second-order valence-electron chi connectivity index (χ2n) is 7.91. The molecule has 5 aromatic rings. The van der Waals surface area contributed by atoms with Gasteiger partial charge in [0.05, 0.1) is 15.8 Å². The number of thiophene rings is 1. The number of carbonyl (C=O) groups excluding carboxylic acids is 2. The number of fused-ring (bicyclic) bond motifs is 2. The highest BCUT2D eigenvalue weighted by Crippen LogP contribution is 2.28. The highest BCUT2D eigenvalue weighted by Gasteiger charge is 2.22. The number of primary amides is 1. The first-order chi connectivity index (χ1) is 17.4. The van der Waals surface area contributed by atoms with Crippen molar-refractivity contribution >= 4 is 55.5 Å². The zero-order chi connectivity index (χ0) is 25.7. The number of nitrogens with two attached hydrogens (primary N) is 2. The van der Waals surface area contributed by atoms with E-state index in [4.69, 9.17) is 16.6 Å². The minimum Gasteiger partial charge on any atom is -0.396 e. The summed E-state index contributed by atoms with van der Waals surface area (Å²) < 4.78 is 2.53. The number of thiazole rings is 1. The first kappa shape index (κ1) is 25.3. The number of aromatic nitrogens is 3. The van der Waals surface area contributed by atoms with E-state index >= 15 is 0 Å². The smallest absolute Gasteiger partial charge is 0.268 e. The summed E-state index contributed by atoms with van der Waals surface area (Å²) in [6.45, 7) is 2.72. The molecular formula is C25H26N6O3S2. The summed E-state index contributed by atoms with van der Waals surface area (Å²) in [5.74, 6) is -0.907. The Hall–Kier alpha value is -3.80. The SMILES string of the molecule is CCCCO.NC(=O)c1c(-c2ccsc2)nc2c(C(=O)NCc3ccc4nc(N)sc4c3)cccn12. The lowest BCUT2D eigenvalue weighted by atomic mass is 10.2. The van der Waals surface area contributed by atoms with Crippen LogP contribution in [0.5, 0.6) is 0 Å². The van der Waals surface area contributed by atoms with Gasteiger partial charge in [0.25, 0.3) is 11.8 Å². The lowest BCUT2D eigenvalue weighted by Gasteiger charge is -2.07. The van der Waals surface area contributed by atoms with Crippen molar-refractivity contribution in [2.45, 2.75) is 26.3 Å². The van der Waals surface area contributed by atoms with Gasteiger partial charge >= 0.3 is 0 Å². The van der Waals surface area contributed by atoms with Crippen molar-refractivity contribution in [1.82, 2.24) is 19.7 Å². The van der Waals surface area contributed by atoms with Crippen LogP contribution in [0.1, 0.15) is 46.2 Å². The second kappa shape index (κ2) is 11.3. The molecule has 2 amide bonds. The minimum absolute atomic E-state index is 0.247. The Morgan fingerprint density at radius 1 is 1.19 bits per heavy atom. The highest BCUT2D eigenvalue weighted by atomic mass is 32.1. The van der Waals surface area contributed by atoms with Crippen molar-refractivity contribution in [1.29, 1.82) is 0 Å². The van der Waals surface area contributed by atoms with Crippen LogP contribution < -0.4 is 16.8 Å². The predicted octanol–water partition coefficient (Wildman–Crippen LogP) is 4.06. The van der Waals surface area contributed by atoms with Crippen molar-refractivity contribution in [2.24, 2.45) is 5.73 Å². The zero-order valence-corrected chi connectivity index (χ0v) is 21.2. The maximum Gasteiger partial charge on any atom is 0.268 e. The number of hydrogen-bond acceptors (Lipinski definition) is 8. The standard InChI is InChI=1S/C21H16N6O2S2.C4H10O/c22-18(28)17-16(12-5-7-30-10-12)26-19-13(2-1-6-27(17)19)20(29)24-9-11-3-4-14-15(8-11)31-21(23)25-14;1-2-3-4-5/h1-8,10H,9H2,(H2,22,28)(H2,23,25)(H,24,29);5H,2-4H2,1H3. The van der Waals surface area contributed by atoms with E-state index in [0.717, 1.165) is 34.2 Å². The van der Waals surface area contributed by atoms with Crippen molar-refractivity contribution in [3.8, 4) is 11.3 Å². The molecule has 9 nitrogen and oxygen atoms in total. The fourth-order valence-electron chi connectivity index (χ4n) is 3.61. The van der Waals surface area contributed by atoms with Crippen molar-refractivity contribution in [3.05, 3.63) is 70.2 Å². The molecule has 6 N–H and O–H groups in total. The number of nitrogen functional groups attached to an aromatic ring is 1. The van der Waals surface area contributed by atoms with Crippen LogP contribution >= 0.6 is 22.7 Å². The molecular weight excluding hydrogens is 496 g/mol. The summed E-state index contributed by atoms with van der Waals surface area (Å²) in [4.78, 5) is 33.9. The molecule has 0 atom stereocenters. The molecule has 0 spiro atoms. The molecule has 1 aromatic carbocycles. The van der Waals surface area contributed by atoms with Gasteiger partial charge in [-0.1, -0.05) is 30.7 Å². The van der Waals surface area contributed by atoms with Gasteiger partial charge in [-0.05, 0) is 47.7 Å². The number of aliphatic hydroxyl groups excluding tert-OH is 1. The third-order valence-corrected chi connectivity index (χ3v) is 6.89. The third kappa shape index (κ3) is 5.38. The Morgan fingerprint density at radius 3 is 2.69 bits per heavy atom. The van der Waals surface area contributed by atoms with E-state index in [1.54, 1.807) is 22.7 Å². The van der Waals surface area contributed by atoms with Gasteiger partial charge in [0.15, 0.2) is 10.8 Å². The van der Waals surface area contributed by atoms with E-state index in [0.29, 0.717) is 35.2 Å². The number of anilines is 1. The van der Waals surface area contributed by atoms with Gasteiger partial charge in [-0.15, -0.1) is 0 Å². The summed E-state index contributed by atoms with van der Waals surface area (Å²) in [6, 6.07) is 11.0. The van der Waals surface area contributed by atoms with E-state index in [9.17, 15) is 9.59 Å². The largest absolute Gasteiger partial charge is 0.396 e. The number of hydrogen-bond donors (Lipinski definition) is 4. The molecule has 0 aliphatic rings. The van der Waals surface area contributed by atoms with E-state index < -0.39 is 5.91 Å². The van der Waals surface area contributed by atoms with E-state index in [2.05, 4.69) is 22.2 Å². The summed E-state index contributed by atoms with van der Waals surface area (Å²) >= 11 is 2.89. The van der Waals surface area contributed by atoms with Gasteiger partial charge in [-0.3, -0.25) is 14.0 Å². The molecule has 11 heteroatoms. The summed E-state index contributed by atoms with van der Waals surface area (Å²) in [7, 11) is 0. The third-order valence-electron chi connectivity index (χ3n) is 5.36. The van der Waals surface area contributed by atoms with Gasteiger partial charge in [-0.2, -0.15) is 11.3 Å². The number of amides is 2. The monoisotopic (exact) mass is 522 g/mol. The fraction of sp³-hybridized carbons (Fsp3) is 0.200. The number of rotatable bonds is 7. The van der Waals surface area contributed by atoms with Gasteiger partial charge < -0.3 is 21.9 Å². The van der Waals surface area contributed by atoms with Gasteiger partial charge in [0.2, 0.25) is 0 Å². The Balaban J connectivity index is 0.000000556. The van der Waals surface area contributed by atoms with Gasteiger partial charge in [-0.25, -0.2) is 9.97 Å². The van der Waals surface area contributed by atoms with Crippen LogP contribution in [-0.2, 0) is 6.54 Å². The first-order valence-electron chi connectivity index (χ1n) is 11.3. The van der Waals surface area contributed by atoms with Gasteiger partial charge in [0, 0.05) is 30.3 Å². The molecule has 5 rings (SSSR count). The molecule has 0 aliphatic carbocycles. The molecule has 186 valence electrons. The maximum absolute atomic E-state index is 13.0. The van der Waals surface area contributed by atoms with E-state index in [-0.39, 0.29) is 11.6 Å². The zero-order valence-electron chi connectivity index (χ0n) is 19.6. The molecule has 0 saturated carbocycles. The molecule has 0 bridgehead atoms. The molecule has 0 unspecified atom stereocenters. The Morgan fingerprint density at radius 2 is 2.03 bits per heavy atom. The first-order valence-corrected chi connectivity index (χ1v) is 13.1. The highest BCUT2D eigenvalue weighted by molar-refractivity contribution is 7.22. The van der Waals surface area contributed by atoms with E-state index in [1.165, 1.54) is 22.7 Å². The van der Waals surface area contributed by atoms with Crippen molar-refractivity contribution < 1.29 is 14.7 Å². The quantitative estimate of drug-likeness (QED) is 0.253. The van der Waals surface area contributed by atoms with Crippen LogP contribution in [-0.4, -0.2) is 37.9 Å². The van der Waals surface area contributed by atoms with Crippen molar-refractivity contribution in [2.75, 3.05) is 12.3 Å². The molecule has 0 saturated heterocycles. The molecule has 0 aliphatic heterocycles. The number of nitrogens with one attached hydrogen (secondary N) is 1. The Kier molecular flexibility index (Phi) is 7.93. The normalized spacial score (nSPS) is 10.8. The molecule has 36 heavy (non-hydrogen) atoms. The van der Waals surface area contributed by atoms with Crippen LogP contribution in [0.25, 0.3) is 27.1 Å². The van der Waals surface area contributed by atoms with Crippen LogP contribution in [0.3, 0.4) is 0 Å². The van der Waals surface area contributed by atoms with Crippen LogP contribution in [0.4, 0.5) is 5.13 Å². The fourth-order valence-corrected chi connectivity index (χ4v) is 5.05. The minimum atomic E-state index is -0.608. The van der Waals surface area contributed by atoms with Gasteiger partial charge in [0.1, 0.15) is 11.4 Å². The number of carbonyl (C=O) groups is 2.